The van der Waals surface area contributed by atoms with Gasteiger partial charge in [0.05, 0.1) is 11.1 Å². The first-order valence-electron chi connectivity index (χ1n) is 6.17. The Balaban J connectivity index is 2.03. The molecule has 2 aromatic carbocycles. The molecule has 112 valence electrons. The molecule has 0 aliphatic carbocycles. The number of rotatable bonds is 2. The molecular formula is C14H8F4N4. The zero-order valence-electron chi connectivity index (χ0n) is 10.9. The van der Waals surface area contributed by atoms with Gasteiger partial charge < -0.3 is 5.32 Å². The minimum atomic E-state index is -4.77. The van der Waals surface area contributed by atoms with Crippen molar-refractivity contribution in [3.63, 3.8) is 0 Å². The second-order valence-electron chi connectivity index (χ2n) is 4.47. The number of fused-ring (bicyclic) bond motifs is 1. The predicted molar refractivity (Wildman–Crippen MR) is 72.0 cm³/mol. The van der Waals surface area contributed by atoms with Crippen molar-refractivity contribution in [3.05, 3.63) is 53.8 Å². The van der Waals surface area contributed by atoms with E-state index in [9.17, 15) is 17.6 Å². The maximum atomic E-state index is 13.3. The molecule has 3 rings (SSSR count). The number of anilines is 2. The molecule has 0 amide bonds. The number of benzene rings is 2. The summed E-state index contributed by atoms with van der Waals surface area (Å²) in [7, 11) is 0. The highest BCUT2D eigenvalue weighted by Gasteiger charge is 2.34. The summed E-state index contributed by atoms with van der Waals surface area (Å²) < 4.78 is 51.4. The van der Waals surface area contributed by atoms with E-state index in [4.69, 9.17) is 0 Å². The highest BCUT2D eigenvalue weighted by atomic mass is 19.4. The molecule has 0 aliphatic rings. The number of aromatic nitrogens is 3. The van der Waals surface area contributed by atoms with Crippen LogP contribution in [0.2, 0.25) is 0 Å². The number of alkyl halides is 3. The zero-order chi connectivity index (χ0) is 15.7. The van der Waals surface area contributed by atoms with Crippen molar-refractivity contribution < 1.29 is 17.6 Å². The summed E-state index contributed by atoms with van der Waals surface area (Å²) >= 11 is 0. The van der Waals surface area contributed by atoms with Gasteiger partial charge in [-0.15, -0.1) is 10.2 Å². The van der Waals surface area contributed by atoms with Gasteiger partial charge in [0.1, 0.15) is 5.82 Å². The summed E-state index contributed by atoms with van der Waals surface area (Å²) in [4.78, 5) is 0. The van der Waals surface area contributed by atoms with Crippen LogP contribution in [0.5, 0.6) is 0 Å². The van der Waals surface area contributed by atoms with Gasteiger partial charge in [-0.3, -0.25) is 0 Å². The van der Waals surface area contributed by atoms with E-state index < -0.39 is 17.6 Å². The summed E-state index contributed by atoms with van der Waals surface area (Å²) in [5.74, 6) is -1.09. The fourth-order valence-electron chi connectivity index (χ4n) is 1.98. The molecule has 4 nitrogen and oxygen atoms in total. The van der Waals surface area contributed by atoms with Gasteiger partial charge in [0.15, 0.2) is 5.82 Å². The van der Waals surface area contributed by atoms with E-state index in [2.05, 4.69) is 20.7 Å². The van der Waals surface area contributed by atoms with Crippen LogP contribution in [0, 0.1) is 5.82 Å². The van der Waals surface area contributed by atoms with Gasteiger partial charge in [-0.05, 0) is 35.5 Å². The molecule has 1 N–H and O–H groups in total. The van der Waals surface area contributed by atoms with Crippen LogP contribution in [0.15, 0.2) is 42.5 Å². The summed E-state index contributed by atoms with van der Waals surface area (Å²) in [5, 5.41) is 14.4. The molecule has 3 aromatic rings. The lowest BCUT2D eigenvalue weighted by atomic mass is 10.1. The maximum absolute atomic E-state index is 13.3. The van der Waals surface area contributed by atoms with Gasteiger partial charge in [0.25, 0.3) is 0 Å². The van der Waals surface area contributed by atoms with Crippen LogP contribution in [0.3, 0.4) is 0 Å². The number of halogens is 4. The van der Waals surface area contributed by atoms with Crippen LogP contribution in [0.25, 0.3) is 10.9 Å². The molecule has 1 aromatic heterocycles. The Morgan fingerprint density at radius 3 is 2.50 bits per heavy atom. The van der Waals surface area contributed by atoms with Crippen molar-refractivity contribution in [2.45, 2.75) is 6.18 Å². The lowest BCUT2D eigenvalue weighted by Gasteiger charge is -2.11. The maximum Gasteiger partial charge on any atom is 0.419 e. The zero-order valence-corrected chi connectivity index (χ0v) is 10.9. The quantitative estimate of drug-likeness (QED) is 0.729. The number of hydrogen-bond acceptors (Lipinski definition) is 4. The van der Waals surface area contributed by atoms with E-state index in [1.165, 1.54) is 6.07 Å². The van der Waals surface area contributed by atoms with Gasteiger partial charge in [0.2, 0.25) is 0 Å². The van der Waals surface area contributed by atoms with Gasteiger partial charge in [-0.25, -0.2) is 4.39 Å². The summed E-state index contributed by atoms with van der Waals surface area (Å²) in [6, 6.07) is 9.52. The molecule has 1 heterocycles. The Hall–Kier alpha value is -2.77. The average molecular weight is 308 g/mol. The van der Waals surface area contributed by atoms with Crippen molar-refractivity contribution in [3.8, 4) is 0 Å². The Labute approximate surface area is 121 Å². The van der Waals surface area contributed by atoms with Crippen molar-refractivity contribution in [1.29, 1.82) is 0 Å². The van der Waals surface area contributed by atoms with Gasteiger partial charge in [-0.2, -0.15) is 13.2 Å². The molecule has 22 heavy (non-hydrogen) atoms. The molecule has 0 atom stereocenters. The molecule has 0 aliphatic heterocycles. The van der Waals surface area contributed by atoms with Gasteiger partial charge >= 0.3 is 6.18 Å². The first-order valence-corrected chi connectivity index (χ1v) is 6.17. The van der Waals surface area contributed by atoms with Crippen LogP contribution in [0.4, 0.5) is 29.1 Å². The largest absolute Gasteiger partial charge is 0.419 e. The number of hydrogen-bond donors (Lipinski definition) is 1. The minimum Gasteiger partial charge on any atom is -0.338 e. The summed E-state index contributed by atoms with van der Waals surface area (Å²) in [5.41, 5.74) is -0.749. The fourth-order valence-corrected chi connectivity index (χ4v) is 1.98. The van der Waals surface area contributed by atoms with Crippen LogP contribution in [-0.2, 0) is 6.18 Å². The molecule has 0 spiro atoms. The van der Waals surface area contributed by atoms with E-state index >= 15 is 0 Å². The second kappa shape index (κ2) is 5.21. The number of nitrogens with zero attached hydrogens (tertiary/aromatic N) is 3. The molecule has 8 heteroatoms. The van der Waals surface area contributed by atoms with Crippen molar-refractivity contribution in [1.82, 2.24) is 15.4 Å². The van der Waals surface area contributed by atoms with E-state index in [0.717, 1.165) is 6.07 Å². The third-order valence-corrected chi connectivity index (χ3v) is 2.99. The highest BCUT2D eigenvalue weighted by molar-refractivity contribution is 5.89. The van der Waals surface area contributed by atoms with Crippen LogP contribution < -0.4 is 5.32 Å². The summed E-state index contributed by atoms with van der Waals surface area (Å²) in [6.45, 7) is 0. The molecule has 0 saturated carbocycles. The SMILES string of the molecule is Fc1ccc(Nc2nnnc3ccccc23)cc1C(F)(F)F. The second-order valence-corrected chi connectivity index (χ2v) is 4.47. The van der Waals surface area contributed by atoms with Crippen molar-refractivity contribution in [2.24, 2.45) is 0 Å². The first-order chi connectivity index (χ1) is 10.4. The molecule has 0 radical (unpaired) electrons. The molecule has 0 fully saturated rings. The lowest BCUT2D eigenvalue weighted by molar-refractivity contribution is -0.139. The predicted octanol–water partition coefficient (Wildman–Crippen LogP) is 3.93. The van der Waals surface area contributed by atoms with E-state index in [0.29, 0.717) is 17.0 Å². The van der Waals surface area contributed by atoms with Crippen LogP contribution >= 0.6 is 0 Å². The van der Waals surface area contributed by atoms with Gasteiger partial charge in [0, 0.05) is 11.1 Å². The Morgan fingerprint density at radius 2 is 1.73 bits per heavy atom. The number of nitrogens with one attached hydrogen (secondary N) is 1. The topological polar surface area (TPSA) is 50.7 Å². The third kappa shape index (κ3) is 2.67. The van der Waals surface area contributed by atoms with Crippen molar-refractivity contribution in [2.75, 3.05) is 5.32 Å². The highest BCUT2D eigenvalue weighted by Crippen LogP contribution is 2.33. The third-order valence-electron chi connectivity index (χ3n) is 2.99. The van der Waals surface area contributed by atoms with E-state index in [1.54, 1.807) is 24.3 Å². The first kappa shape index (κ1) is 14.2. The average Bonchev–Trinajstić information content (AvgIpc) is 2.48. The molecule has 0 bridgehead atoms. The minimum absolute atomic E-state index is 0.0550. The molecule has 0 unspecified atom stereocenters. The van der Waals surface area contributed by atoms with E-state index in [-0.39, 0.29) is 11.5 Å². The Morgan fingerprint density at radius 1 is 0.955 bits per heavy atom. The fraction of sp³-hybridized carbons (Fsp3) is 0.0714. The molecule has 0 saturated heterocycles. The van der Waals surface area contributed by atoms with E-state index in [1.807, 2.05) is 0 Å². The van der Waals surface area contributed by atoms with Crippen LogP contribution in [-0.4, -0.2) is 15.4 Å². The smallest absolute Gasteiger partial charge is 0.338 e. The standard InChI is InChI=1S/C14H8F4N4/c15-11-6-5-8(7-10(11)14(16,17)18)19-13-9-3-1-2-4-12(9)20-22-21-13/h1-7H,(H,19,20,21). The molecular weight excluding hydrogens is 300 g/mol. The van der Waals surface area contributed by atoms with Crippen LogP contribution in [0.1, 0.15) is 5.56 Å². The van der Waals surface area contributed by atoms with Gasteiger partial charge in [-0.1, -0.05) is 12.1 Å². The lowest BCUT2D eigenvalue weighted by Crippen LogP contribution is -2.09. The Kier molecular flexibility index (Phi) is 3.36. The summed E-state index contributed by atoms with van der Waals surface area (Å²) in [6.07, 6.45) is -4.77. The monoisotopic (exact) mass is 308 g/mol. The Bertz CT molecular complexity index is 827. The normalized spacial score (nSPS) is 11.6. The van der Waals surface area contributed by atoms with Crippen molar-refractivity contribution >= 4 is 22.4 Å².